The van der Waals surface area contributed by atoms with E-state index in [1.54, 1.807) is 6.07 Å². The number of benzene rings is 2. The van der Waals surface area contributed by atoms with Gasteiger partial charge in [0.25, 0.3) is 11.5 Å². The highest BCUT2D eigenvalue weighted by atomic mass is 32.1. The highest BCUT2D eigenvalue weighted by molar-refractivity contribution is 7.20. The molecule has 4 aromatic rings. The van der Waals surface area contributed by atoms with E-state index in [0.29, 0.717) is 49.1 Å². The van der Waals surface area contributed by atoms with E-state index >= 15 is 0 Å². The first kappa shape index (κ1) is 28.3. The van der Waals surface area contributed by atoms with Gasteiger partial charge in [-0.3, -0.25) is 19.2 Å². The molecule has 0 aliphatic carbocycles. The molecular formula is C33H34N6O4S. The van der Waals surface area contributed by atoms with Gasteiger partial charge in [0.2, 0.25) is 11.8 Å². The van der Waals surface area contributed by atoms with Gasteiger partial charge in [-0.25, -0.2) is 4.98 Å². The summed E-state index contributed by atoms with van der Waals surface area (Å²) >= 11 is 1.36. The minimum Gasteiger partial charge on any atom is -0.366 e. The van der Waals surface area contributed by atoms with Crippen LogP contribution in [0.25, 0.3) is 10.2 Å². The summed E-state index contributed by atoms with van der Waals surface area (Å²) in [5.41, 5.74) is 4.65. The fraction of sp³-hybridized carbons (Fsp3) is 0.364. The molecular weight excluding hydrogens is 576 g/mol. The number of hydrogen-bond donors (Lipinski definition) is 3. The van der Waals surface area contributed by atoms with Crippen LogP contribution in [0.1, 0.15) is 46.7 Å². The van der Waals surface area contributed by atoms with Gasteiger partial charge in [-0.05, 0) is 67.1 Å². The molecule has 3 aliphatic heterocycles. The predicted octanol–water partition coefficient (Wildman–Crippen LogP) is 3.52. The Morgan fingerprint density at radius 3 is 2.68 bits per heavy atom. The number of pyridine rings is 1. The van der Waals surface area contributed by atoms with E-state index in [0.717, 1.165) is 40.1 Å². The summed E-state index contributed by atoms with van der Waals surface area (Å²) in [5.74, 6) is -0.397. The van der Waals surface area contributed by atoms with Crippen molar-refractivity contribution < 1.29 is 14.4 Å². The first-order chi connectivity index (χ1) is 21.4. The zero-order valence-electron chi connectivity index (χ0n) is 24.4. The van der Waals surface area contributed by atoms with Crippen molar-refractivity contribution >= 4 is 50.6 Å². The number of aromatic nitrogens is 2. The van der Waals surface area contributed by atoms with Crippen molar-refractivity contribution in [1.29, 1.82) is 0 Å². The van der Waals surface area contributed by atoms with Gasteiger partial charge in [0.05, 0.1) is 16.1 Å². The lowest BCUT2D eigenvalue weighted by Gasteiger charge is -2.54. The van der Waals surface area contributed by atoms with Crippen LogP contribution in [0.2, 0.25) is 0 Å². The lowest BCUT2D eigenvalue weighted by Crippen LogP contribution is -2.60. The maximum atomic E-state index is 13.9. The monoisotopic (exact) mass is 610 g/mol. The quantitative estimate of drug-likeness (QED) is 0.275. The Kier molecular flexibility index (Phi) is 7.41. The highest BCUT2D eigenvalue weighted by Crippen LogP contribution is 2.48. The van der Waals surface area contributed by atoms with Crippen LogP contribution in [-0.4, -0.2) is 52.9 Å². The smallest absolute Gasteiger partial charge is 0.280 e. The Bertz CT molecular complexity index is 1800. The molecule has 2 bridgehead atoms. The Morgan fingerprint density at radius 2 is 1.84 bits per heavy atom. The number of anilines is 2. The van der Waals surface area contributed by atoms with Gasteiger partial charge in [-0.15, -0.1) is 11.3 Å². The molecule has 44 heavy (non-hydrogen) atoms. The van der Waals surface area contributed by atoms with Gasteiger partial charge >= 0.3 is 0 Å². The molecule has 0 spiro atoms. The maximum absolute atomic E-state index is 13.9. The molecule has 1 saturated heterocycles. The molecule has 0 saturated carbocycles. The van der Waals surface area contributed by atoms with Crippen LogP contribution < -0.4 is 26.4 Å². The van der Waals surface area contributed by atoms with Crippen molar-refractivity contribution in [3.8, 4) is 0 Å². The largest absolute Gasteiger partial charge is 0.366 e. The zero-order valence-corrected chi connectivity index (χ0v) is 25.2. The van der Waals surface area contributed by atoms with Crippen molar-refractivity contribution in [1.82, 2.24) is 20.2 Å². The topological polar surface area (TPSA) is 125 Å². The highest BCUT2D eigenvalue weighted by Gasteiger charge is 2.49. The van der Waals surface area contributed by atoms with Gasteiger partial charge in [0.15, 0.2) is 5.01 Å². The number of nitrogens with zero attached hydrogens (tertiary/aromatic N) is 3. The van der Waals surface area contributed by atoms with Crippen LogP contribution in [-0.2, 0) is 22.6 Å². The van der Waals surface area contributed by atoms with Crippen LogP contribution in [0.15, 0.2) is 65.5 Å². The van der Waals surface area contributed by atoms with Crippen LogP contribution >= 0.6 is 11.3 Å². The van der Waals surface area contributed by atoms with Crippen molar-refractivity contribution in [2.45, 2.75) is 44.7 Å². The molecule has 3 N–H and O–H groups in total. The van der Waals surface area contributed by atoms with E-state index in [-0.39, 0.29) is 41.2 Å². The van der Waals surface area contributed by atoms with E-state index < -0.39 is 0 Å². The van der Waals surface area contributed by atoms with E-state index in [1.165, 1.54) is 18.3 Å². The molecule has 4 atom stereocenters. The Morgan fingerprint density at radius 1 is 1.00 bits per heavy atom. The molecule has 1 fully saturated rings. The first-order valence-electron chi connectivity index (χ1n) is 15.1. The summed E-state index contributed by atoms with van der Waals surface area (Å²) in [7, 11) is 0. The number of carbonyl (C=O) groups is 3. The molecule has 11 heteroatoms. The van der Waals surface area contributed by atoms with E-state index in [1.807, 2.05) is 53.1 Å². The number of piperidine rings is 1. The normalized spacial score (nSPS) is 21.5. The second-order valence-corrected chi connectivity index (χ2v) is 13.0. The maximum Gasteiger partial charge on any atom is 0.280 e. The summed E-state index contributed by atoms with van der Waals surface area (Å²) in [6.07, 6.45) is 2.05. The van der Waals surface area contributed by atoms with Gasteiger partial charge in [0, 0.05) is 68.2 Å². The predicted molar refractivity (Wildman–Crippen MR) is 170 cm³/mol. The van der Waals surface area contributed by atoms with Crippen LogP contribution in [0.4, 0.5) is 11.4 Å². The SMILES string of the molecule is CC(=O)Nc1ccc2c(c1)CC(C(=O)NCCCNC(=O)c1nc3ccccc3s1)C1C3CC(CN21)Cn1c3cccc1=O. The molecule has 7 rings (SSSR count). The number of hydrogen-bond acceptors (Lipinski definition) is 7. The minimum absolute atomic E-state index is 0.00991. The lowest BCUT2D eigenvalue weighted by molar-refractivity contribution is -0.126. The van der Waals surface area contributed by atoms with Gasteiger partial charge in [-0.1, -0.05) is 18.2 Å². The minimum atomic E-state index is -0.347. The fourth-order valence-electron chi connectivity index (χ4n) is 7.28. The molecule has 2 aromatic carbocycles. The average molecular weight is 611 g/mol. The summed E-state index contributed by atoms with van der Waals surface area (Å²) in [4.78, 5) is 57.9. The fourth-order valence-corrected chi connectivity index (χ4v) is 8.16. The number of fused-ring (bicyclic) bond motifs is 9. The van der Waals surface area contributed by atoms with Gasteiger partial charge in [0.1, 0.15) is 0 Å². The van der Waals surface area contributed by atoms with Crippen LogP contribution in [0.3, 0.4) is 0 Å². The standard InChI is InChI=1S/C33H34N6O4S/c1-19(40)36-22-10-11-26-21(15-22)16-24(30-23-14-20(18-39(26)30)17-38-27(23)7-4-9-29(38)41)31(42)34-12-5-13-35-32(43)33-37-25-6-2-3-8-28(25)44-33/h2-4,6-11,15,20,23-24,30H,5,12-14,16-18H2,1H3,(H,34,42)(H,35,43)(H,36,40). The Balaban J connectivity index is 1.07. The summed E-state index contributed by atoms with van der Waals surface area (Å²) in [6.45, 7) is 3.76. The third kappa shape index (κ3) is 5.25. The summed E-state index contributed by atoms with van der Waals surface area (Å²) in [6, 6.07) is 19.0. The number of amides is 3. The summed E-state index contributed by atoms with van der Waals surface area (Å²) in [5, 5.41) is 9.36. The van der Waals surface area contributed by atoms with E-state index in [9.17, 15) is 19.2 Å². The Labute approximate surface area is 258 Å². The molecule has 10 nitrogen and oxygen atoms in total. The molecule has 5 heterocycles. The van der Waals surface area contributed by atoms with Crippen molar-refractivity contribution in [2.75, 3.05) is 29.9 Å². The third-order valence-electron chi connectivity index (χ3n) is 9.04. The number of para-hydroxylation sites is 1. The number of thiazole rings is 1. The molecule has 0 radical (unpaired) electrons. The van der Waals surface area contributed by atoms with Crippen LogP contribution in [0, 0.1) is 11.8 Å². The van der Waals surface area contributed by atoms with E-state index in [2.05, 4.69) is 31.9 Å². The number of carbonyl (C=O) groups excluding carboxylic acids is 3. The van der Waals surface area contributed by atoms with Gasteiger partial charge in [-0.2, -0.15) is 0 Å². The molecule has 226 valence electrons. The summed E-state index contributed by atoms with van der Waals surface area (Å²) < 4.78 is 2.87. The van der Waals surface area contributed by atoms with E-state index in [4.69, 9.17) is 0 Å². The number of nitrogens with one attached hydrogen (secondary N) is 3. The van der Waals surface area contributed by atoms with Crippen LogP contribution in [0.5, 0.6) is 0 Å². The van der Waals surface area contributed by atoms with Gasteiger partial charge < -0.3 is 25.4 Å². The van der Waals surface area contributed by atoms with Crippen molar-refractivity contribution in [3.63, 3.8) is 0 Å². The average Bonchev–Trinajstić information content (AvgIpc) is 3.45. The second-order valence-electron chi connectivity index (χ2n) is 12.0. The first-order valence-corrected chi connectivity index (χ1v) is 16.0. The third-order valence-corrected chi connectivity index (χ3v) is 10.1. The number of rotatable bonds is 7. The van der Waals surface area contributed by atoms with Crippen molar-refractivity contribution in [3.05, 3.63) is 87.3 Å². The second kappa shape index (κ2) is 11.5. The zero-order chi connectivity index (χ0) is 30.4. The molecule has 2 aromatic heterocycles. The molecule has 4 unspecified atom stereocenters. The lowest BCUT2D eigenvalue weighted by atomic mass is 9.69. The molecule has 3 aliphatic rings. The Hall–Kier alpha value is -4.51. The molecule has 3 amide bonds. The van der Waals surface area contributed by atoms with Crippen molar-refractivity contribution in [2.24, 2.45) is 11.8 Å².